The number of fused-ring (bicyclic) bond motifs is 1. The summed E-state index contributed by atoms with van der Waals surface area (Å²) in [6.45, 7) is 10.0. The molecule has 1 aliphatic rings. The molecule has 0 radical (unpaired) electrons. The monoisotopic (exact) mass is 331 g/mol. The Balaban J connectivity index is 1.61. The molecular formula is C18H25N3O3. The molecule has 0 aliphatic carbocycles. The molecule has 1 aliphatic heterocycles. The lowest BCUT2D eigenvalue weighted by Gasteiger charge is -2.33. The third-order valence-electron chi connectivity index (χ3n) is 4.16. The number of carbonyl (C=O) groups is 1. The molecular weight excluding hydrogens is 306 g/mol. The van der Waals surface area contributed by atoms with Crippen LogP contribution in [0.5, 0.6) is 0 Å². The average molecular weight is 331 g/mol. The molecule has 0 aromatic carbocycles. The Morgan fingerprint density at radius 3 is 3.08 bits per heavy atom. The van der Waals surface area contributed by atoms with E-state index in [1.807, 2.05) is 35.7 Å². The molecule has 2 aromatic rings. The van der Waals surface area contributed by atoms with E-state index < -0.39 is 5.97 Å². The first-order valence-corrected chi connectivity index (χ1v) is 8.49. The minimum atomic E-state index is -0.392. The quantitative estimate of drug-likeness (QED) is 0.786. The number of hydrogen-bond donors (Lipinski definition) is 0. The summed E-state index contributed by atoms with van der Waals surface area (Å²) in [5.41, 5.74) is 1.13. The van der Waals surface area contributed by atoms with Gasteiger partial charge in [-0.05, 0) is 25.0 Å². The fourth-order valence-electron chi connectivity index (χ4n) is 3.14. The number of pyridine rings is 1. The maximum atomic E-state index is 12.4. The number of aryl methyl sites for hydroxylation is 1. The minimum Gasteiger partial charge on any atom is -0.458 e. The smallest absolute Gasteiger partial charge is 0.359 e. The molecule has 0 N–H and O–H groups in total. The van der Waals surface area contributed by atoms with Crippen LogP contribution < -0.4 is 0 Å². The highest BCUT2D eigenvalue weighted by Crippen LogP contribution is 2.15. The summed E-state index contributed by atoms with van der Waals surface area (Å²) in [7, 11) is 0. The molecule has 6 heteroatoms. The number of esters is 1. The summed E-state index contributed by atoms with van der Waals surface area (Å²) in [6, 6.07) is 5.68. The van der Waals surface area contributed by atoms with Gasteiger partial charge in [-0.2, -0.15) is 0 Å². The van der Waals surface area contributed by atoms with Crippen molar-refractivity contribution in [1.29, 1.82) is 0 Å². The van der Waals surface area contributed by atoms with Gasteiger partial charge in [-0.25, -0.2) is 9.78 Å². The molecule has 6 nitrogen and oxygen atoms in total. The molecule has 0 saturated carbocycles. The van der Waals surface area contributed by atoms with E-state index in [0.29, 0.717) is 18.2 Å². The van der Waals surface area contributed by atoms with Crippen molar-refractivity contribution in [2.45, 2.75) is 26.9 Å². The van der Waals surface area contributed by atoms with Crippen molar-refractivity contribution in [3.8, 4) is 0 Å². The van der Waals surface area contributed by atoms with E-state index >= 15 is 0 Å². The number of morpholine rings is 1. The minimum absolute atomic E-state index is 0.0728. The Hall–Kier alpha value is -1.92. The van der Waals surface area contributed by atoms with Crippen LogP contribution in [0.15, 0.2) is 24.4 Å². The highest BCUT2D eigenvalue weighted by Gasteiger charge is 2.24. The number of nitrogens with zero attached hydrogens (tertiary/aromatic N) is 3. The topological polar surface area (TPSA) is 56.1 Å². The van der Waals surface area contributed by atoms with Crippen molar-refractivity contribution in [1.82, 2.24) is 14.3 Å². The Labute approximate surface area is 142 Å². The molecule has 130 valence electrons. The summed E-state index contributed by atoms with van der Waals surface area (Å²) in [4.78, 5) is 19.1. The Morgan fingerprint density at radius 1 is 1.46 bits per heavy atom. The van der Waals surface area contributed by atoms with Crippen LogP contribution in [0, 0.1) is 12.8 Å². The van der Waals surface area contributed by atoms with Crippen LogP contribution in [-0.2, 0) is 9.47 Å². The first-order valence-electron chi connectivity index (χ1n) is 8.49. The maximum absolute atomic E-state index is 12.4. The van der Waals surface area contributed by atoms with Gasteiger partial charge in [0, 0.05) is 25.8 Å². The van der Waals surface area contributed by atoms with Crippen LogP contribution >= 0.6 is 0 Å². The highest BCUT2D eigenvalue weighted by atomic mass is 16.6. The van der Waals surface area contributed by atoms with Gasteiger partial charge in [0.05, 0.1) is 12.1 Å². The summed E-state index contributed by atoms with van der Waals surface area (Å²) >= 11 is 0. The maximum Gasteiger partial charge on any atom is 0.359 e. The van der Waals surface area contributed by atoms with E-state index in [4.69, 9.17) is 9.47 Å². The summed E-state index contributed by atoms with van der Waals surface area (Å²) in [5.74, 6) is 0.997. The van der Waals surface area contributed by atoms with Crippen LogP contribution in [0.25, 0.3) is 5.52 Å². The Morgan fingerprint density at radius 2 is 2.29 bits per heavy atom. The third kappa shape index (κ3) is 3.76. The highest BCUT2D eigenvalue weighted by molar-refractivity contribution is 5.95. The SMILES string of the molecule is Cc1nc(C(=O)OC[C@@H]2CN(CC(C)C)CCO2)c2ccccn12. The van der Waals surface area contributed by atoms with Crippen LogP contribution in [0.3, 0.4) is 0 Å². The van der Waals surface area contributed by atoms with Gasteiger partial charge in [-0.1, -0.05) is 19.9 Å². The third-order valence-corrected chi connectivity index (χ3v) is 4.16. The normalized spacial score (nSPS) is 19.1. The second kappa shape index (κ2) is 7.32. The molecule has 1 fully saturated rings. The molecule has 0 spiro atoms. The lowest BCUT2D eigenvalue weighted by molar-refractivity contribution is -0.0613. The first kappa shape index (κ1) is 16.9. The van der Waals surface area contributed by atoms with Gasteiger partial charge in [0.15, 0.2) is 5.69 Å². The summed E-state index contributed by atoms with van der Waals surface area (Å²) in [6.07, 6.45) is 1.82. The lowest BCUT2D eigenvalue weighted by Crippen LogP contribution is -2.45. The van der Waals surface area contributed by atoms with E-state index in [9.17, 15) is 4.79 Å². The van der Waals surface area contributed by atoms with Crippen LogP contribution in [0.1, 0.15) is 30.2 Å². The van der Waals surface area contributed by atoms with Crippen molar-refractivity contribution in [2.24, 2.45) is 5.92 Å². The van der Waals surface area contributed by atoms with E-state index in [1.165, 1.54) is 0 Å². The standard InChI is InChI=1S/C18H25N3O3/c1-13(2)10-20-8-9-23-15(11-20)12-24-18(22)17-16-6-4-5-7-21(16)14(3)19-17/h4-7,13,15H,8-12H2,1-3H3/t15-/m0/s1. The number of carbonyl (C=O) groups excluding carboxylic acids is 1. The van der Waals surface area contributed by atoms with E-state index in [1.54, 1.807) is 0 Å². The van der Waals surface area contributed by atoms with Gasteiger partial charge in [-0.3, -0.25) is 4.90 Å². The van der Waals surface area contributed by atoms with Gasteiger partial charge >= 0.3 is 5.97 Å². The predicted octanol–water partition coefficient (Wildman–Crippen LogP) is 2.16. The average Bonchev–Trinajstić information content (AvgIpc) is 2.90. The van der Waals surface area contributed by atoms with Crippen LogP contribution in [0.4, 0.5) is 0 Å². The molecule has 3 rings (SSSR count). The molecule has 24 heavy (non-hydrogen) atoms. The van der Waals surface area contributed by atoms with Gasteiger partial charge in [0.25, 0.3) is 0 Å². The molecule has 0 amide bonds. The fourth-order valence-corrected chi connectivity index (χ4v) is 3.14. The van der Waals surface area contributed by atoms with Gasteiger partial charge in [0.1, 0.15) is 18.5 Å². The summed E-state index contributed by atoms with van der Waals surface area (Å²) in [5, 5.41) is 0. The number of aromatic nitrogens is 2. The van der Waals surface area contributed by atoms with Crippen molar-refractivity contribution in [3.05, 3.63) is 35.9 Å². The van der Waals surface area contributed by atoms with Crippen molar-refractivity contribution in [3.63, 3.8) is 0 Å². The molecule has 0 unspecified atom stereocenters. The predicted molar refractivity (Wildman–Crippen MR) is 91.2 cm³/mol. The number of rotatable bonds is 5. The second-order valence-electron chi connectivity index (χ2n) is 6.71. The van der Waals surface area contributed by atoms with E-state index in [-0.39, 0.29) is 12.7 Å². The van der Waals surface area contributed by atoms with Gasteiger partial charge in [0.2, 0.25) is 0 Å². The zero-order chi connectivity index (χ0) is 17.1. The van der Waals surface area contributed by atoms with Gasteiger partial charge < -0.3 is 13.9 Å². The molecule has 3 heterocycles. The summed E-state index contributed by atoms with van der Waals surface area (Å²) < 4.78 is 13.1. The van der Waals surface area contributed by atoms with E-state index in [2.05, 4.69) is 23.7 Å². The molecule has 0 bridgehead atoms. The van der Waals surface area contributed by atoms with Crippen molar-refractivity contribution >= 4 is 11.5 Å². The number of ether oxygens (including phenoxy) is 2. The fraction of sp³-hybridized carbons (Fsp3) is 0.556. The van der Waals surface area contributed by atoms with Crippen LogP contribution in [-0.4, -0.2) is 59.2 Å². The molecule has 1 atom stereocenters. The van der Waals surface area contributed by atoms with E-state index in [0.717, 1.165) is 31.0 Å². The lowest BCUT2D eigenvalue weighted by atomic mass is 10.2. The number of hydrogen-bond acceptors (Lipinski definition) is 5. The zero-order valence-electron chi connectivity index (χ0n) is 14.6. The van der Waals surface area contributed by atoms with Crippen LogP contribution in [0.2, 0.25) is 0 Å². The van der Waals surface area contributed by atoms with Crippen molar-refractivity contribution < 1.29 is 14.3 Å². The van der Waals surface area contributed by atoms with Gasteiger partial charge in [-0.15, -0.1) is 0 Å². The number of imidazole rings is 1. The second-order valence-corrected chi connectivity index (χ2v) is 6.71. The molecule has 1 saturated heterocycles. The Kier molecular flexibility index (Phi) is 5.16. The largest absolute Gasteiger partial charge is 0.458 e. The van der Waals surface area contributed by atoms with Crippen molar-refractivity contribution in [2.75, 3.05) is 32.8 Å². The Bertz CT molecular complexity index is 711. The first-order chi connectivity index (χ1) is 11.5. The zero-order valence-corrected chi connectivity index (χ0v) is 14.6. The molecule has 2 aromatic heterocycles.